The highest BCUT2D eigenvalue weighted by Crippen LogP contribution is 2.21. The molecular weight excluding hydrogens is 230 g/mol. The first-order valence-corrected chi connectivity index (χ1v) is 5.63. The summed E-state index contributed by atoms with van der Waals surface area (Å²) in [6.45, 7) is 4.02. The molecule has 18 heavy (non-hydrogen) atoms. The molecule has 0 aromatic carbocycles. The molecule has 0 saturated heterocycles. The van der Waals surface area contributed by atoms with Crippen LogP contribution >= 0.6 is 0 Å². The van der Waals surface area contributed by atoms with E-state index >= 15 is 0 Å². The predicted octanol–water partition coefficient (Wildman–Crippen LogP) is 0.268. The van der Waals surface area contributed by atoms with Gasteiger partial charge >= 0.3 is 0 Å². The normalized spacial score (nSPS) is 14.1. The van der Waals surface area contributed by atoms with Crippen LogP contribution in [-0.4, -0.2) is 31.3 Å². The fourth-order valence-electron chi connectivity index (χ4n) is 2.03. The van der Waals surface area contributed by atoms with Crippen molar-refractivity contribution in [2.24, 2.45) is 0 Å². The Balaban J connectivity index is 1.98. The van der Waals surface area contributed by atoms with E-state index in [1.54, 1.807) is 12.5 Å². The topological polar surface area (TPSA) is 83.5 Å². The van der Waals surface area contributed by atoms with E-state index in [2.05, 4.69) is 26.2 Å². The lowest BCUT2D eigenvalue weighted by Crippen LogP contribution is -2.34. The van der Waals surface area contributed by atoms with Crippen LogP contribution in [0.4, 0.5) is 5.82 Å². The largest absolute Gasteiger partial charge is 0.346 e. The van der Waals surface area contributed by atoms with E-state index in [1.807, 2.05) is 16.4 Å². The van der Waals surface area contributed by atoms with Crippen LogP contribution in [0.5, 0.6) is 0 Å². The van der Waals surface area contributed by atoms with Crippen LogP contribution in [0, 0.1) is 18.3 Å². The zero-order chi connectivity index (χ0) is 12.5. The van der Waals surface area contributed by atoms with E-state index in [4.69, 9.17) is 5.26 Å². The van der Waals surface area contributed by atoms with Gasteiger partial charge in [0.1, 0.15) is 23.8 Å². The number of anilines is 1. The van der Waals surface area contributed by atoms with Gasteiger partial charge in [0.05, 0.1) is 12.7 Å². The minimum Gasteiger partial charge on any atom is -0.346 e. The molecule has 3 heterocycles. The van der Waals surface area contributed by atoms with Crippen molar-refractivity contribution in [1.29, 1.82) is 5.26 Å². The Morgan fingerprint density at radius 2 is 2.28 bits per heavy atom. The van der Waals surface area contributed by atoms with E-state index in [1.165, 1.54) is 0 Å². The number of rotatable bonds is 1. The maximum atomic E-state index is 9.11. The molecule has 0 N–H and O–H groups in total. The Kier molecular flexibility index (Phi) is 2.41. The second-order valence-corrected chi connectivity index (χ2v) is 4.13. The van der Waals surface area contributed by atoms with Gasteiger partial charge in [0.25, 0.3) is 0 Å². The predicted molar refractivity (Wildman–Crippen MR) is 62.6 cm³/mol. The summed E-state index contributed by atoms with van der Waals surface area (Å²) in [5.74, 6) is 2.23. The molecule has 2 aromatic heterocycles. The van der Waals surface area contributed by atoms with Gasteiger partial charge in [-0.25, -0.2) is 9.97 Å². The van der Waals surface area contributed by atoms with Crippen LogP contribution in [0.15, 0.2) is 12.5 Å². The average molecular weight is 241 g/mol. The fourth-order valence-corrected chi connectivity index (χ4v) is 2.03. The lowest BCUT2D eigenvalue weighted by molar-refractivity contribution is 0.555. The zero-order valence-electron chi connectivity index (χ0n) is 9.91. The Hall–Kier alpha value is -2.49. The molecular formula is C11H11N7. The quantitative estimate of drug-likeness (QED) is 0.712. The maximum Gasteiger partial charge on any atom is 0.152 e. The summed E-state index contributed by atoms with van der Waals surface area (Å²) in [4.78, 5) is 10.4. The molecule has 1 aliphatic rings. The summed E-state index contributed by atoms with van der Waals surface area (Å²) in [5, 5.41) is 17.0. The van der Waals surface area contributed by atoms with Gasteiger partial charge in [-0.1, -0.05) is 0 Å². The van der Waals surface area contributed by atoms with Gasteiger partial charge in [-0.05, 0) is 6.92 Å². The second-order valence-electron chi connectivity index (χ2n) is 4.13. The van der Waals surface area contributed by atoms with Crippen molar-refractivity contribution in [3.05, 3.63) is 29.7 Å². The number of aryl methyl sites for hydroxylation is 1. The Labute approximate surface area is 104 Å². The minimum absolute atomic E-state index is 0.494. The molecule has 0 spiro atoms. The molecule has 7 nitrogen and oxygen atoms in total. The van der Waals surface area contributed by atoms with Crippen LogP contribution in [0.2, 0.25) is 0 Å². The highest BCUT2D eigenvalue weighted by Gasteiger charge is 2.21. The van der Waals surface area contributed by atoms with Gasteiger partial charge in [-0.15, -0.1) is 10.2 Å². The summed E-state index contributed by atoms with van der Waals surface area (Å²) in [5.41, 5.74) is 0.494. The van der Waals surface area contributed by atoms with Crippen molar-refractivity contribution in [3.8, 4) is 6.07 Å². The van der Waals surface area contributed by atoms with E-state index < -0.39 is 0 Å². The molecule has 0 fully saturated rings. The number of nitriles is 1. The average Bonchev–Trinajstić information content (AvgIpc) is 2.85. The van der Waals surface area contributed by atoms with Gasteiger partial charge < -0.3 is 9.47 Å². The van der Waals surface area contributed by atoms with Crippen LogP contribution < -0.4 is 4.90 Å². The SMILES string of the molecule is Cc1ncc(C#N)c(N2CCn3cnnc3C2)n1. The fraction of sp³-hybridized carbons (Fsp3) is 0.364. The first kappa shape index (κ1) is 10.7. The molecule has 0 amide bonds. The van der Waals surface area contributed by atoms with E-state index in [0.29, 0.717) is 23.8 Å². The van der Waals surface area contributed by atoms with Crippen molar-refractivity contribution in [1.82, 2.24) is 24.7 Å². The summed E-state index contributed by atoms with van der Waals surface area (Å²) in [6, 6.07) is 2.13. The van der Waals surface area contributed by atoms with E-state index in [9.17, 15) is 0 Å². The molecule has 2 aromatic rings. The number of fused-ring (bicyclic) bond motifs is 1. The molecule has 0 saturated carbocycles. The third-order valence-electron chi connectivity index (χ3n) is 2.95. The Morgan fingerprint density at radius 3 is 3.11 bits per heavy atom. The molecule has 1 aliphatic heterocycles. The van der Waals surface area contributed by atoms with Crippen molar-refractivity contribution in [2.75, 3.05) is 11.4 Å². The molecule has 0 radical (unpaired) electrons. The monoisotopic (exact) mass is 241 g/mol. The van der Waals surface area contributed by atoms with Crippen molar-refractivity contribution in [3.63, 3.8) is 0 Å². The lowest BCUT2D eigenvalue weighted by atomic mass is 10.2. The molecule has 0 atom stereocenters. The summed E-state index contributed by atoms with van der Waals surface area (Å²) in [7, 11) is 0. The summed E-state index contributed by atoms with van der Waals surface area (Å²) in [6.07, 6.45) is 3.29. The summed E-state index contributed by atoms with van der Waals surface area (Å²) >= 11 is 0. The molecule has 0 unspecified atom stereocenters. The van der Waals surface area contributed by atoms with Gasteiger partial charge in [0.2, 0.25) is 0 Å². The number of hydrogen-bond acceptors (Lipinski definition) is 6. The smallest absolute Gasteiger partial charge is 0.152 e. The first-order valence-electron chi connectivity index (χ1n) is 5.63. The highest BCUT2D eigenvalue weighted by molar-refractivity contribution is 5.53. The number of nitrogens with zero attached hydrogens (tertiary/aromatic N) is 7. The van der Waals surface area contributed by atoms with E-state index in [0.717, 1.165) is 18.9 Å². The Bertz CT molecular complexity index is 625. The van der Waals surface area contributed by atoms with Gasteiger partial charge in [-0.2, -0.15) is 5.26 Å². The van der Waals surface area contributed by atoms with Crippen LogP contribution in [-0.2, 0) is 13.1 Å². The second kappa shape index (κ2) is 4.07. The highest BCUT2D eigenvalue weighted by atomic mass is 15.3. The molecule has 90 valence electrons. The van der Waals surface area contributed by atoms with Crippen LogP contribution in [0.3, 0.4) is 0 Å². The minimum atomic E-state index is 0.494. The van der Waals surface area contributed by atoms with Crippen molar-refractivity contribution in [2.45, 2.75) is 20.0 Å². The lowest BCUT2D eigenvalue weighted by Gasteiger charge is -2.28. The maximum absolute atomic E-state index is 9.11. The molecule has 0 aliphatic carbocycles. The van der Waals surface area contributed by atoms with Crippen LogP contribution in [0.25, 0.3) is 0 Å². The molecule has 0 bridgehead atoms. The zero-order valence-corrected chi connectivity index (χ0v) is 9.91. The van der Waals surface area contributed by atoms with Crippen LogP contribution in [0.1, 0.15) is 17.2 Å². The van der Waals surface area contributed by atoms with Gasteiger partial charge in [0, 0.05) is 13.1 Å². The molecule has 3 rings (SSSR count). The third-order valence-corrected chi connectivity index (χ3v) is 2.95. The summed E-state index contributed by atoms with van der Waals surface area (Å²) < 4.78 is 2.01. The van der Waals surface area contributed by atoms with Crippen molar-refractivity contribution >= 4 is 5.82 Å². The number of aromatic nitrogens is 5. The Morgan fingerprint density at radius 1 is 1.39 bits per heavy atom. The van der Waals surface area contributed by atoms with Gasteiger partial charge in [-0.3, -0.25) is 0 Å². The third kappa shape index (κ3) is 1.68. The molecule has 7 heteroatoms. The van der Waals surface area contributed by atoms with Gasteiger partial charge in [0.15, 0.2) is 11.6 Å². The van der Waals surface area contributed by atoms with E-state index in [-0.39, 0.29) is 0 Å². The van der Waals surface area contributed by atoms with Crippen molar-refractivity contribution < 1.29 is 0 Å². The first-order chi connectivity index (χ1) is 8.78. The number of hydrogen-bond donors (Lipinski definition) is 0. The standard InChI is InChI=1S/C11H11N7/c1-8-13-5-9(4-12)11(15-8)17-2-3-18-7-14-16-10(18)6-17/h5,7H,2-3,6H2,1H3.